The summed E-state index contributed by atoms with van der Waals surface area (Å²) in [5.74, 6) is 1.11. The van der Waals surface area contributed by atoms with Crippen LogP contribution in [-0.2, 0) is 11.3 Å². The summed E-state index contributed by atoms with van der Waals surface area (Å²) in [5, 5.41) is 12.1. The summed E-state index contributed by atoms with van der Waals surface area (Å²) in [6, 6.07) is 0. The molecule has 0 bridgehead atoms. The Labute approximate surface area is 171 Å². The van der Waals surface area contributed by atoms with Gasteiger partial charge in [-0.05, 0) is 26.7 Å². The van der Waals surface area contributed by atoms with Crippen molar-refractivity contribution >= 4 is 47.4 Å². The van der Waals surface area contributed by atoms with Crippen LogP contribution in [0.25, 0.3) is 0 Å². The standard InChI is InChI=1S/C16H29N5O2S.HI/c1-11(2)12-10-24-13(21-12)9-20-14(17-6)18-7-8-19-15(22)23-16(3,4)5;/h10-11H,7-9H2,1-6H3,(H,19,22)(H2,17,18,20);1H. The lowest BCUT2D eigenvalue weighted by Crippen LogP contribution is -2.42. The second kappa shape index (κ2) is 11.5. The largest absolute Gasteiger partial charge is 0.444 e. The average Bonchev–Trinajstić information content (AvgIpc) is 2.93. The summed E-state index contributed by atoms with van der Waals surface area (Å²) in [7, 11) is 1.71. The first-order chi connectivity index (χ1) is 11.2. The Hall–Kier alpha value is -1.10. The van der Waals surface area contributed by atoms with E-state index in [9.17, 15) is 4.79 Å². The number of guanidine groups is 1. The fraction of sp³-hybridized carbons (Fsp3) is 0.688. The number of hydrogen-bond donors (Lipinski definition) is 3. The van der Waals surface area contributed by atoms with Gasteiger partial charge in [0.05, 0.1) is 12.2 Å². The second-order valence-electron chi connectivity index (χ2n) is 6.60. The Morgan fingerprint density at radius 3 is 2.44 bits per heavy atom. The van der Waals surface area contributed by atoms with Gasteiger partial charge in [0.1, 0.15) is 10.6 Å². The lowest BCUT2D eigenvalue weighted by atomic mass is 10.2. The van der Waals surface area contributed by atoms with Crippen LogP contribution in [0.4, 0.5) is 4.79 Å². The van der Waals surface area contributed by atoms with E-state index >= 15 is 0 Å². The number of nitrogens with zero attached hydrogens (tertiary/aromatic N) is 2. The van der Waals surface area contributed by atoms with E-state index in [0.717, 1.165) is 10.7 Å². The molecule has 25 heavy (non-hydrogen) atoms. The molecule has 1 heterocycles. The molecule has 1 aromatic rings. The van der Waals surface area contributed by atoms with E-state index in [2.05, 4.69) is 45.2 Å². The van der Waals surface area contributed by atoms with Crippen molar-refractivity contribution in [3.05, 3.63) is 16.1 Å². The molecule has 0 aliphatic carbocycles. The topological polar surface area (TPSA) is 87.6 Å². The zero-order valence-electron chi connectivity index (χ0n) is 15.8. The number of aromatic nitrogens is 1. The van der Waals surface area contributed by atoms with Crippen molar-refractivity contribution in [2.24, 2.45) is 4.99 Å². The molecule has 1 aromatic heterocycles. The minimum absolute atomic E-state index is 0. The molecule has 1 amide bonds. The van der Waals surface area contributed by atoms with Crippen molar-refractivity contribution in [1.29, 1.82) is 0 Å². The highest BCUT2D eigenvalue weighted by Gasteiger charge is 2.15. The molecular weight excluding hydrogens is 453 g/mol. The predicted molar refractivity (Wildman–Crippen MR) is 114 cm³/mol. The fourth-order valence-corrected chi connectivity index (χ4v) is 2.61. The molecule has 9 heteroatoms. The van der Waals surface area contributed by atoms with Crippen LogP contribution in [0, 0.1) is 0 Å². The van der Waals surface area contributed by atoms with Crippen LogP contribution >= 0.6 is 35.3 Å². The molecule has 0 aliphatic heterocycles. The third-order valence-corrected chi connectivity index (χ3v) is 3.74. The van der Waals surface area contributed by atoms with E-state index in [0.29, 0.717) is 31.5 Å². The molecule has 0 radical (unpaired) electrons. The number of amides is 1. The zero-order chi connectivity index (χ0) is 18.2. The van der Waals surface area contributed by atoms with Crippen LogP contribution in [0.5, 0.6) is 0 Å². The number of hydrogen-bond acceptors (Lipinski definition) is 5. The average molecular weight is 483 g/mol. The molecule has 0 unspecified atom stereocenters. The number of carbonyl (C=O) groups is 1. The van der Waals surface area contributed by atoms with Gasteiger partial charge in [0.25, 0.3) is 0 Å². The highest BCUT2D eigenvalue weighted by molar-refractivity contribution is 14.0. The van der Waals surface area contributed by atoms with Gasteiger partial charge in [0.2, 0.25) is 0 Å². The number of ether oxygens (including phenoxy) is 1. The molecule has 3 N–H and O–H groups in total. The Bertz CT molecular complexity index is 555. The predicted octanol–water partition coefficient (Wildman–Crippen LogP) is 3.07. The molecule has 0 saturated carbocycles. The highest BCUT2D eigenvalue weighted by Crippen LogP contribution is 2.17. The number of thiazole rings is 1. The number of rotatable bonds is 6. The first-order valence-electron chi connectivity index (χ1n) is 8.07. The first kappa shape index (κ1) is 23.9. The molecule has 0 atom stereocenters. The Morgan fingerprint density at radius 2 is 1.92 bits per heavy atom. The quantitative estimate of drug-likeness (QED) is 0.251. The SMILES string of the molecule is CN=C(NCCNC(=O)OC(C)(C)C)NCc1nc(C(C)C)cs1.I. The van der Waals surface area contributed by atoms with Gasteiger partial charge in [-0.2, -0.15) is 0 Å². The van der Waals surface area contributed by atoms with E-state index < -0.39 is 11.7 Å². The third-order valence-electron chi connectivity index (χ3n) is 2.88. The summed E-state index contributed by atoms with van der Waals surface area (Å²) in [5.41, 5.74) is 0.624. The van der Waals surface area contributed by atoms with Crippen molar-refractivity contribution in [3.63, 3.8) is 0 Å². The molecular formula is C16H30IN5O2S. The molecule has 0 aliphatic rings. The van der Waals surface area contributed by atoms with E-state index in [1.165, 1.54) is 0 Å². The molecule has 1 rings (SSSR count). The van der Waals surface area contributed by atoms with Gasteiger partial charge in [-0.15, -0.1) is 35.3 Å². The van der Waals surface area contributed by atoms with Gasteiger partial charge in [-0.3, -0.25) is 4.99 Å². The molecule has 0 spiro atoms. The Kier molecular flexibility index (Phi) is 11.0. The zero-order valence-corrected chi connectivity index (χ0v) is 19.0. The Balaban J connectivity index is 0.00000576. The van der Waals surface area contributed by atoms with Crippen molar-refractivity contribution in [1.82, 2.24) is 20.9 Å². The summed E-state index contributed by atoms with van der Waals surface area (Å²) < 4.78 is 5.17. The van der Waals surface area contributed by atoms with Crippen LogP contribution in [0.3, 0.4) is 0 Å². The summed E-state index contributed by atoms with van der Waals surface area (Å²) in [6.07, 6.45) is -0.420. The monoisotopic (exact) mass is 483 g/mol. The number of nitrogens with one attached hydrogen (secondary N) is 3. The maximum Gasteiger partial charge on any atom is 0.407 e. The van der Waals surface area contributed by atoms with Gasteiger partial charge >= 0.3 is 6.09 Å². The smallest absolute Gasteiger partial charge is 0.407 e. The van der Waals surface area contributed by atoms with Crippen LogP contribution in [0.15, 0.2) is 10.4 Å². The lowest BCUT2D eigenvalue weighted by molar-refractivity contribution is 0.0529. The molecule has 7 nitrogen and oxygen atoms in total. The lowest BCUT2D eigenvalue weighted by Gasteiger charge is -2.19. The van der Waals surface area contributed by atoms with Gasteiger partial charge < -0.3 is 20.7 Å². The summed E-state index contributed by atoms with van der Waals surface area (Å²) in [6.45, 7) is 11.4. The molecule has 0 fully saturated rings. The van der Waals surface area contributed by atoms with E-state index in [1.54, 1.807) is 18.4 Å². The minimum Gasteiger partial charge on any atom is -0.444 e. The number of alkyl carbamates (subject to hydrolysis) is 1. The number of halogens is 1. The third kappa shape index (κ3) is 10.5. The van der Waals surface area contributed by atoms with Gasteiger partial charge in [0, 0.05) is 25.5 Å². The van der Waals surface area contributed by atoms with Gasteiger partial charge in [-0.1, -0.05) is 13.8 Å². The minimum atomic E-state index is -0.488. The van der Waals surface area contributed by atoms with Gasteiger partial charge in [0.15, 0.2) is 5.96 Å². The fourth-order valence-electron chi connectivity index (χ4n) is 1.71. The number of carbonyl (C=O) groups excluding carboxylic acids is 1. The van der Waals surface area contributed by atoms with Crippen LogP contribution in [0.2, 0.25) is 0 Å². The normalized spacial score (nSPS) is 11.7. The summed E-state index contributed by atoms with van der Waals surface area (Å²) >= 11 is 1.64. The molecule has 144 valence electrons. The van der Waals surface area contributed by atoms with Crippen molar-refractivity contribution in [3.8, 4) is 0 Å². The summed E-state index contributed by atoms with van der Waals surface area (Å²) in [4.78, 5) is 20.2. The van der Waals surface area contributed by atoms with E-state index in [4.69, 9.17) is 4.74 Å². The highest BCUT2D eigenvalue weighted by atomic mass is 127. The second-order valence-corrected chi connectivity index (χ2v) is 7.54. The van der Waals surface area contributed by atoms with Crippen molar-refractivity contribution in [2.45, 2.75) is 52.7 Å². The molecule has 0 aromatic carbocycles. The maximum absolute atomic E-state index is 11.5. The van der Waals surface area contributed by atoms with Gasteiger partial charge in [-0.25, -0.2) is 9.78 Å². The molecule has 0 saturated heterocycles. The van der Waals surface area contributed by atoms with Crippen LogP contribution < -0.4 is 16.0 Å². The van der Waals surface area contributed by atoms with Crippen molar-refractivity contribution in [2.75, 3.05) is 20.1 Å². The van der Waals surface area contributed by atoms with Crippen molar-refractivity contribution < 1.29 is 9.53 Å². The van der Waals surface area contributed by atoms with Crippen LogP contribution in [-0.4, -0.2) is 42.8 Å². The maximum atomic E-state index is 11.5. The van der Waals surface area contributed by atoms with Crippen LogP contribution in [0.1, 0.15) is 51.2 Å². The van der Waals surface area contributed by atoms with E-state index in [1.807, 2.05) is 20.8 Å². The van der Waals surface area contributed by atoms with E-state index in [-0.39, 0.29) is 24.0 Å². The first-order valence-corrected chi connectivity index (χ1v) is 8.95. The Morgan fingerprint density at radius 1 is 1.28 bits per heavy atom. The number of aliphatic imine (C=N–C) groups is 1.